The zero-order chi connectivity index (χ0) is 17.7. The number of aromatic nitrogens is 2. The fraction of sp³-hybridized carbons (Fsp3) is 0.389. The van der Waals surface area contributed by atoms with E-state index in [0.717, 1.165) is 16.8 Å². The Kier molecular flexibility index (Phi) is 5.73. The van der Waals surface area contributed by atoms with Crippen molar-refractivity contribution >= 4 is 17.5 Å². The summed E-state index contributed by atoms with van der Waals surface area (Å²) in [6.07, 6.45) is 2.50. The molecule has 0 atom stereocenters. The first-order chi connectivity index (χ1) is 11.4. The van der Waals surface area contributed by atoms with Crippen molar-refractivity contribution in [2.45, 2.75) is 40.2 Å². The van der Waals surface area contributed by atoms with E-state index < -0.39 is 11.8 Å². The molecule has 0 spiro atoms. The minimum Gasteiger partial charge on any atom is -0.347 e. The quantitative estimate of drug-likeness (QED) is 0.827. The molecule has 0 bridgehead atoms. The Morgan fingerprint density at radius 1 is 1.12 bits per heavy atom. The third-order valence-electron chi connectivity index (χ3n) is 3.83. The first-order valence-electron chi connectivity index (χ1n) is 8.07. The molecule has 128 valence electrons. The Balaban J connectivity index is 1.80. The standard InChI is InChI=1S/C18H24N4O2/c1-12(2)22-10-8-15(21-22)7-9-19-17(23)18(24)20-16-6-5-13(3)14(4)11-16/h5-6,8,10-12H,7,9H2,1-4H3,(H,19,23)(H,20,24). The highest BCUT2D eigenvalue weighted by Crippen LogP contribution is 2.13. The lowest BCUT2D eigenvalue weighted by atomic mass is 10.1. The summed E-state index contributed by atoms with van der Waals surface area (Å²) in [6, 6.07) is 7.76. The predicted octanol–water partition coefficient (Wildman–Crippen LogP) is 2.38. The van der Waals surface area contributed by atoms with Crippen LogP contribution in [0.4, 0.5) is 5.69 Å². The molecule has 0 saturated heterocycles. The van der Waals surface area contributed by atoms with Gasteiger partial charge in [0.05, 0.1) is 5.69 Å². The van der Waals surface area contributed by atoms with E-state index in [9.17, 15) is 9.59 Å². The number of aryl methyl sites for hydroxylation is 2. The molecule has 0 unspecified atom stereocenters. The fourth-order valence-electron chi connectivity index (χ4n) is 2.19. The highest BCUT2D eigenvalue weighted by atomic mass is 16.2. The molecule has 6 nitrogen and oxygen atoms in total. The average molecular weight is 328 g/mol. The van der Waals surface area contributed by atoms with Crippen molar-refractivity contribution < 1.29 is 9.59 Å². The van der Waals surface area contributed by atoms with Crippen LogP contribution in [-0.2, 0) is 16.0 Å². The zero-order valence-corrected chi connectivity index (χ0v) is 14.6. The van der Waals surface area contributed by atoms with Crippen LogP contribution in [0.25, 0.3) is 0 Å². The second-order valence-corrected chi connectivity index (χ2v) is 6.14. The van der Waals surface area contributed by atoms with Crippen molar-refractivity contribution in [3.8, 4) is 0 Å². The van der Waals surface area contributed by atoms with E-state index in [4.69, 9.17) is 0 Å². The number of benzene rings is 1. The van der Waals surface area contributed by atoms with Gasteiger partial charge in [0.15, 0.2) is 0 Å². The van der Waals surface area contributed by atoms with Crippen molar-refractivity contribution in [2.75, 3.05) is 11.9 Å². The second kappa shape index (κ2) is 7.77. The van der Waals surface area contributed by atoms with Gasteiger partial charge in [0.2, 0.25) is 0 Å². The smallest absolute Gasteiger partial charge is 0.313 e. The van der Waals surface area contributed by atoms with Gasteiger partial charge in [0, 0.05) is 30.9 Å². The first-order valence-corrected chi connectivity index (χ1v) is 8.07. The molecule has 1 aromatic heterocycles. The topological polar surface area (TPSA) is 76.0 Å². The summed E-state index contributed by atoms with van der Waals surface area (Å²) in [4.78, 5) is 23.8. The van der Waals surface area contributed by atoms with Gasteiger partial charge in [-0.1, -0.05) is 6.07 Å². The van der Waals surface area contributed by atoms with Gasteiger partial charge in [-0.2, -0.15) is 5.10 Å². The van der Waals surface area contributed by atoms with Crippen molar-refractivity contribution in [1.82, 2.24) is 15.1 Å². The highest BCUT2D eigenvalue weighted by Gasteiger charge is 2.13. The van der Waals surface area contributed by atoms with Crippen LogP contribution in [0.2, 0.25) is 0 Å². The van der Waals surface area contributed by atoms with Gasteiger partial charge >= 0.3 is 11.8 Å². The van der Waals surface area contributed by atoms with Gasteiger partial charge in [-0.15, -0.1) is 0 Å². The molecule has 0 aliphatic carbocycles. The Labute approximate surface area is 142 Å². The van der Waals surface area contributed by atoms with Crippen molar-refractivity contribution in [3.05, 3.63) is 47.3 Å². The molecule has 2 amide bonds. The van der Waals surface area contributed by atoms with Crippen LogP contribution in [0.5, 0.6) is 0 Å². The van der Waals surface area contributed by atoms with Crippen molar-refractivity contribution in [1.29, 1.82) is 0 Å². The summed E-state index contributed by atoms with van der Waals surface area (Å²) < 4.78 is 1.86. The van der Waals surface area contributed by atoms with E-state index >= 15 is 0 Å². The van der Waals surface area contributed by atoms with E-state index in [1.807, 2.05) is 42.9 Å². The Bertz CT molecular complexity index is 734. The average Bonchev–Trinajstić information content (AvgIpc) is 3.00. The molecule has 1 heterocycles. The van der Waals surface area contributed by atoms with Crippen LogP contribution < -0.4 is 10.6 Å². The Hall–Kier alpha value is -2.63. The Morgan fingerprint density at radius 2 is 1.88 bits per heavy atom. The van der Waals surface area contributed by atoms with Gasteiger partial charge in [-0.3, -0.25) is 14.3 Å². The molecule has 2 aromatic rings. The lowest BCUT2D eigenvalue weighted by Gasteiger charge is -2.08. The van der Waals surface area contributed by atoms with Crippen LogP contribution in [0.15, 0.2) is 30.5 Å². The molecule has 6 heteroatoms. The summed E-state index contributed by atoms with van der Waals surface area (Å²) in [6.45, 7) is 8.43. The molecular formula is C18H24N4O2. The Morgan fingerprint density at radius 3 is 2.50 bits per heavy atom. The van der Waals surface area contributed by atoms with Crippen LogP contribution in [0.3, 0.4) is 0 Å². The van der Waals surface area contributed by atoms with Gasteiger partial charge in [-0.05, 0) is 57.0 Å². The van der Waals surface area contributed by atoms with Gasteiger partial charge in [0.1, 0.15) is 0 Å². The number of rotatable bonds is 5. The number of amides is 2. The lowest BCUT2D eigenvalue weighted by molar-refractivity contribution is -0.136. The summed E-state index contributed by atoms with van der Waals surface area (Å²) in [5, 5.41) is 9.62. The van der Waals surface area contributed by atoms with Crippen molar-refractivity contribution in [2.24, 2.45) is 0 Å². The monoisotopic (exact) mass is 328 g/mol. The number of anilines is 1. The molecule has 24 heavy (non-hydrogen) atoms. The third-order valence-corrected chi connectivity index (χ3v) is 3.83. The number of hydrogen-bond acceptors (Lipinski definition) is 3. The molecule has 0 fully saturated rings. The molecule has 1 aromatic carbocycles. The normalized spacial score (nSPS) is 10.7. The zero-order valence-electron chi connectivity index (χ0n) is 14.6. The number of nitrogens with one attached hydrogen (secondary N) is 2. The second-order valence-electron chi connectivity index (χ2n) is 6.14. The molecule has 0 aliphatic rings. The van der Waals surface area contributed by atoms with Crippen LogP contribution in [0.1, 0.15) is 36.7 Å². The minimum absolute atomic E-state index is 0.303. The molecular weight excluding hydrogens is 304 g/mol. The van der Waals surface area contributed by atoms with Crippen LogP contribution in [-0.4, -0.2) is 28.1 Å². The number of carbonyl (C=O) groups excluding carboxylic acids is 2. The number of carbonyl (C=O) groups is 2. The lowest BCUT2D eigenvalue weighted by Crippen LogP contribution is -2.36. The molecule has 2 rings (SSSR count). The predicted molar refractivity (Wildman–Crippen MR) is 93.9 cm³/mol. The van der Waals surface area contributed by atoms with E-state index in [1.165, 1.54) is 0 Å². The van der Waals surface area contributed by atoms with Gasteiger partial charge in [-0.25, -0.2) is 0 Å². The molecule has 0 radical (unpaired) electrons. The van der Waals surface area contributed by atoms with E-state index in [1.54, 1.807) is 6.07 Å². The van der Waals surface area contributed by atoms with Crippen LogP contribution >= 0.6 is 0 Å². The van der Waals surface area contributed by atoms with Crippen molar-refractivity contribution in [3.63, 3.8) is 0 Å². The summed E-state index contributed by atoms with van der Waals surface area (Å²) >= 11 is 0. The maximum Gasteiger partial charge on any atom is 0.313 e. The summed E-state index contributed by atoms with van der Waals surface area (Å²) in [5.41, 5.74) is 3.71. The summed E-state index contributed by atoms with van der Waals surface area (Å²) in [7, 11) is 0. The molecule has 0 aliphatic heterocycles. The SMILES string of the molecule is Cc1ccc(NC(=O)C(=O)NCCc2ccn(C(C)C)n2)cc1C. The molecule has 0 saturated carbocycles. The van der Waals surface area contributed by atoms with E-state index in [2.05, 4.69) is 29.6 Å². The van der Waals surface area contributed by atoms with E-state index in [-0.39, 0.29) is 0 Å². The highest BCUT2D eigenvalue weighted by molar-refractivity contribution is 6.39. The first kappa shape index (κ1) is 17.7. The van der Waals surface area contributed by atoms with Gasteiger partial charge in [0.25, 0.3) is 0 Å². The number of nitrogens with zero attached hydrogens (tertiary/aromatic N) is 2. The third kappa shape index (κ3) is 4.68. The largest absolute Gasteiger partial charge is 0.347 e. The number of hydrogen-bond donors (Lipinski definition) is 2. The van der Waals surface area contributed by atoms with Gasteiger partial charge < -0.3 is 10.6 Å². The maximum atomic E-state index is 11.9. The fourth-order valence-corrected chi connectivity index (χ4v) is 2.19. The maximum absolute atomic E-state index is 11.9. The summed E-state index contributed by atoms with van der Waals surface area (Å²) in [5.74, 6) is -1.30. The van der Waals surface area contributed by atoms with Crippen LogP contribution in [0, 0.1) is 13.8 Å². The van der Waals surface area contributed by atoms with E-state index in [0.29, 0.717) is 24.7 Å². The minimum atomic E-state index is -0.661. The molecule has 2 N–H and O–H groups in total.